The summed E-state index contributed by atoms with van der Waals surface area (Å²) in [7, 11) is 0. The Labute approximate surface area is 119 Å². The van der Waals surface area contributed by atoms with E-state index in [1.807, 2.05) is 36.4 Å². The van der Waals surface area contributed by atoms with Crippen LogP contribution in [-0.2, 0) is 13.1 Å². The molecule has 0 heterocycles. The molecule has 19 heavy (non-hydrogen) atoms. The monoisotopic (exact) mass is 274 g/mol. The van der Waals surface area contributed by atoms with Gasteiger partial charge in [0.2, 0.25) is 0 Å². The highest BCUT2D eigenvalue weighted by Crippen LogP contribution is 2.15. The molecule has 3 heteroatoms. The molecular formula is C16H19ClN2. The lowest BCUT2D eigenvalue weighted by atomic mass is 10.1. The third-order valence-electron chi connectivity index (χ3n) is 3.10. The number of hydrogen-bond acceptors (Lipinski definition) is 2. The van der Waals surface area contributed by atoms with Crippen molar-refractivity contribution < 1.29 is 0 Å². The highest BCUT2D eigenvalue weighted by Gasteiger charge is 2.05. The lowest BCUT2D eigenvalue weighted by Crippen LogP contribution is -2.22. The van der Waals surface area contributed by atoms with Gasteiger partial charge in [-0.1, -0.05) is 42.8 Å². The number of hydrogen-bond donors (Lipinski definition) is 1. The molecule has 0 fully saturated rings. The van der Waals surface area contributed by atoms with Crippen molar-refractivity contribution in [1.29, 1.82) is 0 Å². The number of benzene rings is 2. The molecule has 0 spiro atoms. The van der Waals surface area contributed by atoms with Crippen molar-refractivity contribution in [2.75, 3.05) is 12.3 Å². The van der Waals surface area contributed by atoms with Gasteiger partial charge in [-0.25, -0.2) is 0 Å². The maximum Gasteiger partial charge on any atom is 0.0409 e. The van der Waals surface area contributed by atoms with Gasteiger partial charge in [-0.05, 0) is 41.9 Å². The topological polar surface area (TPSA) is 29.3 Å². The second kappa shape index (κ2) is 6.60. The molecule has 0 aliphatic carbocycles. The van der Waals surface area contributed by atoms with Crippen LogP contribution < -0.4 is 5.73 Å². The van der Waals surface area contributed by atoms with Crippen LogP contribution in [0.5, 0.6) is 0 Å². The van der Waals surface area contributed by atoms with Crippen LogP contribution in [0, 0.1) is 0 Å². The number of nitrogens with two attached hydrogens (primary N) is 1. The Kier molecular flexibility index (Phi) is 4.83. The van der Waals surface area contributed by atoms with Crippen LogP contribution in [0.1, 0.15) is 18.1 Å². The molecule has 0 aliphatic rings. The van der Waals surface area contributed by atoms with Gasteiger partial charge >= 0.3 is 0 Å². The molecule has 2 aromatic carbocycles. The minimum absolute atomic E-state index is 0.789. The number of halogens is 1. The van der Waals surface area contributed by atoms with E-state index >= 15 is 0 Å². The average Bonchev–Trinajstić information content (AvgIpc) is 2.38. The molecule has 0 amide bonds. The van der Waals surface area contributed by atoms with E-state index in [0.717, 1.165) is 30.3 Å². The second-order valence-corrected chi connectivity index (χ2v) is 5.11. The molecule has 2 N–H and O–H groups in total. The van der Waals surface area contributed by atoms with Gasteiger partial charge in [-0.2, -0.15) is 0 Å². The van der Waals surface area contributed by atoms with E-state index in [-0.39, 0.29) is 0 Å². The van der Waals surface area contributed by atoms with Crippen LogP contribution in [0.2, 0.25) is 5.02 Å². The first kappa shape index (κ1) is 13.9. The molecule has 0 radical (unpaired) electrons. The zero-order valence-corrected chi connectivity index (χ0v) is 11.9. The number of rotatable bonds is 5. The number of nitrogen functional groups attached to an aromatic ring is 1. The predicted molar refractivity (Wildman–Crippen MR) is 82.1 cm³/mol. The van der Waals surface area contributed by atoms with Crippen molar-refractivity contribution in [3.05, 3.63) is 64.7 Å². The Morgan fingerprint density at radius 1 is 1.00 bits per heavy atom. The number of anilines is 1. The van der Waals surface area contributed by atoms with Crippen molar-refractivity contribution in [3.8, 4) is 0 Å². The van der Waals surface area contributed by atoms with Crippen molar-refractivity contribution in [3.63, 3.8) is 0 Å². The van der Waals surface area contributed by atoms with Crippen molar-refractivity contribution >= 4 is 17.3 Å². The summed E-state index contributed by atoms with van der Waals surface area (Å²) in [5.74, 6) is 0. The smallest absolute Gasteiger partial charge is 0.0409 e. The van der Waals surface area contributed by atoms with E-state index in [4.69, 9.17) is 17.3 Å². The molecule has 0 saturated heterocycles. The van der Waals surface area contributed by atoms with E-state index in [2.05, 4.69) is 24.0 Å². The summed E-state index contributed by atoms with van der Waals surface area (Å²) in [6, 6.07) is 16.1. The van der Waals surface area contributed by atoms with Crippen molar-refractivity contribution in [2.24, 2.45) is 0 Å². The lowest BCUT2D eigenvalue weighted by Gasteiger charge is -2.21. The van der Waals surface area contributed by atoms with Crippen molar-refractivity contribution in [1.82, 2.24) is 4.90 Å². The highest BCUT2D eigenvalue weighted by atomic mass is 35.5. The Morgan fingerprint density at radius 2 is 1.63 bits per heavy atom. The minimum Gasteiger partial charge on any atom is -0.399 e. The first-order valence-electron chi connectivity index (χ1n) is 6.48. The van der Waals surface area contributed by atoms with Gasteiger partial charge in [0.15, 0.2) is 0 Å². The molecule has 0 saturated carbocycles. The van der Waals surface area contributed by atoms with E-state index < -0.39 is 0 Å². The van der Waals surface area contributed by atoms with Gasteiger partial charge in [0, 0.05) is 23.8 Å². The van der Waals surface area contributed by atoms with Crippen molar-refractivity contribution in [2.45, 2.75) is 20.0 Å². The first-order valence-corrected chi connectivity index (χ1v) is 6.86. The normalized spacial score (nSPS) is 10.9. The molecule has 0 aliphatic heterocycles. The van der Waals surface area contributed by atoms with Gasteiger partial charge in [-0.3, -0.25) is 4.90 Å². The van der Waals surface area contributed by atoms with Crippen LogP contribution in [0.15, 0.2) is 48.5 Å². The largest absolute Gasteiger partial charge is 0.399 e. The van der Waals surface area contributed by atoms with Gasteiger partial charge in [0.05, 0.1) is 0 Å². The fourth-order valence-corrected chi connectivity index (χ4v) is 2.34. The van der Waals surface area contributed by atoms with Crippen LogP contribution >= 0.6 is 11.6 Å². The summed E-state index contributed by atoms with van der Waals surface area (Å²) in [6.07, 6.45) is 0. The summed E-state index contributed by atoms with van der Waals surface area (Å²) < 4.78 is 0. The molecular weight excluding hydrogens is 256 g/mol. The van der Waals surface area contributed by atoms with Crippen LogP contribution in [0.3, 0.4) is 0 Å². The highest BCUT2D eigenvalue weighted by molar-refractivity contribution is 6.30. The Hall–Kier alpha value is -1.51. The maximum absolute atomic E-state index is 6.02. The summed E-state index contributed by atoms with van der Waals surface area (Å²) in [4.78, 5) is 2.36. The SMILES string of the molecule is CCN(Cc1cccc(N)c1)Cc1cccc(Cl)c1. The standard InChI is InChI=1S/C16H19ClN2/c1-2-19(11-13-5-3-7-15(17)9-13)12-14-6-4-8-16(18)10-14/h3-10H,2,11-12,18H2,1H3. The molecule has 100 valence electrons. The molecule has 0 bridgehead atoms. The van der Waals surface area contributed by atoms with Crippen LogP contribution in [-0.4, -0.2) is 11.4 Å². The Bertz CT molecular complexity index is 492. The van der Waals surface area contributed by atoms with Gasteiger partial charge in [0.25, 0.3) is 0 Å². The molecule has 0 unspecified atom stereocenters. The van der Waals surface area contributed by atoms with Gasteiger partial charge in [0.1, 0.15) is 0 Å². The second-order valence-electron chi connectivity index (χ2n) is 4.68. The number of nitrogens with zero attached hydrogens (tertiary/aromatic N) is 1. The molecule has 2 aromatic rings. The molecule has 2 nitrogen and oxygen atoms in total. The quantitative estimate of drug-likeness (QED) is 0.837. The van der Waals surface area contributed by atoms with E-state index in [1.165, 1.54) is 11.1 Å². The summed E-state index contributed by atoms with van der Waals surface area (Å²) in [5.41, 5.74) is 9.10. The van der Waals surface area contributed by atoms with Crippen LogP contribution in [0.4, 0.5) is 5.69 Å². The third-order valence-corrected chi connectivity index (χ3v) is 3.33. The van der Waals surface area contributed by atoms with Gasteiger partial charge in [-0.15, -0.1) is 0 Å². The minimum atomic E-state index is 0.789. The molecule has 0 aromatic heterocycles. The van der Waals surface area contributed by atoms with Gasteiger partial charge < -0.3 is 5.73 Å². The predicted octanol–water partition coefficient (Wildman–Crippen LogP) is 3.94. The summed E-state index contributed by atoms with van der Waals surface area (Å²) >= 11 is 6.02. The van der Waals surface area contributed by atoms with E-state index in [0.29, 0.717) is 0 Å². The Morgan fingerprint density at radius 3 is 2.21 bits per heavy atom. The fraction of sp³-hybridized carbons (Fsp3) is 0.250. The van der Waals surface area contributed by atoms with E-state index in [1.54, 1.807) is 0 Å². The fourth-order valence-electron chi connectivity index (χ4n) is 2.12. The average molecular weight is 275 g/mol. The Balaban J connectivity index is 2.04. The summed E-state index contributed by atoms with van der Waals surface area (Å²) in [5, 5.41) is 0.789. The van der Waals surface area contributed by atoms with E-state index in [9.17, 15) is 0 Å². The summed E-state index contributed by atoms with van der Waals surface area (Å²) in [6.45, 7) is 4.94. The zero-order chi connectivity index (χ0) is 13.7. The first-order chi connectivity index (χ1) is 9.17. The third kappa shape index (κ3) is 4.27. The van der Waals surface area contributed by atoms with Crippen LogP contribution in [0.25, 0.3) is 0 Å². The zero-order valence-electron chi connectivity index (χ0n) is 11.1. The maximum atomic E-state index is 6.02. The lowest BCUT2D eigenvalue weighted by molar-refractivity contribution is 0.271. The molecule has 0 atom stereocenters. The molecule has 2 rings (SSSR count).